The molecule has 0 saturated carbocycles. The van der Waals surface area contributed by atoms with Crippen LogP contribution in [-0.2, 0) is 33.7 Å². The van der Waals surface area contributed by atoms with Gasteiger partial charge in [-0.15, -0.1) is 0 Å². The average Bonchev–Trinajstić information content (AvgIpc) is 3.44. The van der Waals surface area contributed by atoms with Gasteiger partial charge in [0, 0.05) is 19.6 Å². The van der Waals surface area contributed by atoms with Crippen LogP contribution < -0.4 is 20.7 Å². The summed E-state index contributed by atoms with van der Waals surface area (Å²) >= 11 is 0. The second kappa shape index (κ2) is 17.7. The van der Waals surface area contributed by atoms with Crippen molar-refractivity contribution in [1.29, 1.82) is 0 Å². The van der Waals surface area contributed by atoms with Gasteiger partial charge in [-0.05, 0) is 60.4 Å². The SMILES string of the molecule is CC[C@H](C)[C@@]1(NC(=O)OC)CCN([C@@H](CCc2ccccc2)C(=O)N[C@@H](Cc2ccccc2)C(O)CNCc2cccc(OC)c2)C1=O. The Balaban J connectivity index is 1.57. The minimum Gasteiger partial charge on any atom is -0.497 e. The first-order valence-corrected chi connectivity index (χ1v) is 16.8. The number of ether oxygens (including phenoxy) is 2. The molecule has 10 heteroatoms. The summed E-state index contributed by atoms with van der Waals surface area (Å²) in [4.78, 5) is 42.7. The maximum absolute atomic E-state index is 14.3. The fraction of sp³-hybridized carbons (Fsp3) is 0.447. The number of nitrogens with zero attached hydrogens (tertiary/aromatic N) is 1. The highest BCUT2D eigenvalue weighted by atomic mass is 16.5. The van der Waals surface area contributed by atoms with E-state index in [2.05, 4.69) is 16.0 Å². The summed E-state index contributed by atoms with van der Waals surface area (Å²) in [6.07, 6.45) is 0.741. The van der Waals surface area contributed by atoms with Crippen LogP contribution >= 0.6 is 0 Å². The zero-order chi connectivity index (χ0) is 34.5. The van der Waals surface area contributed by atoms with Crippen molar-refractivity contribution in [3.05, 3.63) is 102 Å². The lowest BCUT2D eigenvalue weighted by atomic mass is 9.82. The Morgan fingerprint density at radius 1 is 0.958 bits per heavy atom. The number of methoxy groups -OCH3 is 2. The van der Waals surface area contributed by atoms with Crippen LogP contribution in [0.1, 0.15) is 49.8 Å². The molecule has 10 nitrogen and oxygen atoms in total. The predicted octanol–water partition coefficient (Wildman–Crippen LogP) is 4.25. The lowest BCUT2D eigenvalue weighted by Crippen LogP contribution is -2.61. The number of benzene rings is 3. The third kappa shape index (κ3) is 9.35. The van der Waals surface area contributed by atoms with Gasteiger partial charge in [0.2, 0.25) is 11.8 Å². The van der Waals surface area contributed by atoms with Gasteiger partial charge in [0.15, 0.2) is 0 Å². The maximum Gasteiger partial charge on any atom is 0.407 e. The van der Waals surface area contributed by atoms with E-state index in [0.29, 0.717) is 45.2 Å². The number of alkyl carbamates (subject to hydrolysis) is 1. The third-order valence-electron chi connectivity index (χ3n) is 9.49. The zero-order valence-electron chi connectivity index (χ0n) is 28.5. The van der Waals surface area contributed by atoms with E-state index in [9.17, 15) is 19.5 Å². The van der Waals surface area contributed by atoms with Crippen LogP contribution in [0.15, 0.2) is 84.9 Å². The van der Waals surface area contributed by atoms with Gasteiger partial charge in [0.05, 0.1) is 26.4 Å². The Bertz CT molecular complexity index is 1470. The molecule has 1 unspecified atom stereocenters. The molecule has 1 heterocycles. The van der Waals surface area contributed by atoms with Crippen LogP contribution in [0.5, 0.6) is 5.75 Å². The summed E-state index contributed by atoms with van der Waals surface area (Å²) in [5.74, 6) is -0.0721. The first-order chi connectivity index (χ1) is 23.2. The van der Waals surface area contributed by atoms with E-state index in [4.69, 9.17) is 9.47 Å². The van der Waals surface area contributed by atoms with E-state index < -0.39 is 29.8 Å². The van der Waals surface area contributed by atoms with Crippen LogP contribution in [0.25, 0.3) is 0 Å². The highest BCUT2D eigenvalue weighted by molar-refractivity contribution is 5.96. The van der Waals surface area contributed by atoms with Gasteiger partial charge in [-0.1, -0.05) is 93.1 Å². The second-order valence-corrected chi connectivity index (χ2v) is 12.5. The molecule has 1 fully saturated rings. The van der Waals surface area contributed by atoms with Crippen LogP contribution in [0, 0.1) is 5.92 Å². The van der Waals surface area contributed by atoms with Gasteiger partial charge in [-0.3, -0.25) is 9.59 Å². The number of aliphatic hydroxyl groups is 1. The molecule has 0 radical (unpaired) electrons. The van der Waals surface area contributed by atoms with E-state index in [1.165, 1.54) is 7.11 Å². The third-order valence-corrected chi connectivity index (χ3v) is 9.49. The van der Waals surface area contributed by atoms with Crippen LogP contribution in [-0.4, -0.2) is 78.9 Å². The predicted molar refractivity (Wildman–Crippen MR) is 185 cm³/mol. The molecule has 1 aliphatic heterocycles. The minimum atomic E-state index is -1.18. The lowest BCUT2D eigenvalue weighted by molar-refractivity contribution is -0.142. The van der Waals surface area contributed by atoms with Gasteiger partial charge in [0.1, 0.15) is 17.3 Å². The van der Waals surface area contributed by atoms with E-state index in [1.54, 1.807) is 12.0 Å². The molecule has 0 bridgehead atoms. The van der Waals surface area contributed by atoms with E-state index in [1.807, 2.05) is 98.8 Å². The molecule has 5 atom stereocenters. The summed E-state index contributed by atoms with van der Waals surface area (Å²) in [7, 11) is 2.90. The fourth-order valence-corrected chi connectivity index (χ4v) is 6.43. The summed E-state index contributed by atoms with van der Waals surface area (Å²) < 4.78 is 10.2. The Labute approximate surface area is 284 Å². The Kier molecular flexibility index (Phi) is 13.4. The number of aliphatic hydroxyl groups excluding tert-OH is 1. The Hall–Kier alpha value is -4.41. The van der Waals surface area contributed by atoms with E-state index >= 15 is 0 Å². The maximum atomic E-state index is 14.3. The number of nitrogens with one attached hydrogen (secondary N) is 3. The molecule has 0 aliphatic carbocycles. The molecule has 1 aliphatic rings. The van der Waals surface area contributed by atoms with Crippen molar-refractivity contribution in [3.63, 3.8) is 0 Å². The molecule has 3 aromatic carbocycles. The first-order valence-electron chi connectivity index (χ1n) is 16.8. The van der Waals surface area contributed by atoms with Crippen molar-refractivity contribution in [2.75, 3.05) is 27.3 Å². The molecule has 4 N–H and O–H groups in total. The number of aryl methyl sites for hydroxylation is 1. The molecule has 4 rings (SSSR count). The fourth-order valence-electron chi connectivity index (χ4n) is 6.43. The zero-order valence-corrected chi connectivity index (χ0v) is 28.5. The standard InChI is InChI=1S/C38H50N4O6/c1-5-27(2)38(41-37(46)48-4)21-22-42(36(38)45)33(20-19-28-13-8-6-9-14-28)35(44)40-32(24-29-15-10-7-11-16-29)34(43)26-39-25-30-17-12-18-31(23-30)47-3/h6-18,23,27,32-34,39,43H,5,19-22,24-26H2,1-4H3,(H,40,44)(H,41,46)/t27-,32-,33-,34?,38-/m0/s1. The lowest BCUT2D eigenvalue weighted by Gasteiger charge is -2.36. The molecule has 0 aromatic heterocycles. The molecule has 258 valence electrons. The van der Waals surface area contributed by atoms with Crippen molar-refractivity contribution in [3.8, 4) is 5.75 Å². The largest absolute Gasteiger partial charge is 0.497 e. The van der Waals surface area contributed by atoms with Crippen LogP contribution in [0.3, 0.4) is 0 Å². The van der Waals surface area contributed by atoms with Gasteiger partial charge < -0.3 is 35.4 Å². The van der Waals surface area contributed by atoms with Crippen molar-refractivity contribution >= 4 is 17.9 Å². The van der Waals surface area contributed by atoms with Gasteiger partial charge in [-0.2, -0.15) is 0 Å². The van der Waals surface area contributed by atoms with Gasteiger partial charge in [-0.25, -0.2) is 4.79 Å². The number of likely N-dealkylation sites (tertiary alicyclic amines) is 1. The number of hydrogen-bond donors (Lipinski definition) is 4. The normalized spacial score (nSPS) is 18.4. The van der Waals surface area contributed by atoms with Crippen molar-refractivity contribution in [2.45, 2.75) is 76.2 Å². The summed E-state index contributed by atoms with van der Waals surface area (Å²) in [6.45, 7) is 4.94. The molecular formula is C38H50N4O6. The quantitative estimate of drug-likeness (QED) is 0.171. The highest BCUT2D eigenvalue weighted by Gasteiger charge is 2.53. The van der Waals surface area contributed by atoms with Gasteiger partial charge >= 0.3 is 6.09 Å². The minimum absolute atomic E-state index is 0.185. The number of rotatable bonds is 17. The molecule has 48 heavy (non-hydrogen) atoms. The average molecular weight is 659 g/mol. The monoisotopic (exact) mass is 658 g/mol. The number of amides is 3. The smallest absolute Gasteiger partial charge is 0.407 e. The van der Waals surface area contributed by atoms with Crippen molar-refractivity contribution in [2.24, 2.45) is 5.92 Å². The van der Waals surface area contributed by atoms with Crippen LogP contribution in [0.4, 0.5) is 4.79 Å². The summed E-state index contributed by atoms with van der Waals surface area (Å²) in [5, 5.41) is 20.8. The molecule has 3 amide bonds. The first kappa shape index (κ1) is 36.4. The Morgan fingerprint density at radius 2 is 1.62 bits per heavy atom. The Morgan fingerprint density at radius 3 is 2.27 bits per heavy atom. The summed E-state index contributed by atoms with van der Waals surface area (Å²) in [5.41, 5.74) is 1.83. The van der Waals surface area contributed by atoms with E-state index in [0.717, 1.165) is 22.4 Å². The van der Waals surface area contributed by atoms with Gasteiger partial charge in [0.25, 0.3) is 0 Å². The van der Waals surface area contributed by atoms with E-state index in [-0.39, 0.29) is 24.3 Å². The molecule has 0 spiro atoms. The molecule has 3 aromatic rings. The van der Waals surface area contributed by atoms with Crippen LogP contribution in [0.2, 0.25) is 0 Å². The van der Waals surface area contributed by atoms with Crippen molar-refractivity contribution < 1.29 is 29.0 Å². The topological polar surface area (TPSA) is 129 Å². The number of carbonyl (C=O) groups is 3. The summed E-state index contributed by atoms with van der Waals surface area (Å²) in [6, 6.07) is 25.8. The highest BCUT2D eigenvalue weighted by Crippen LogP contribution is 2.34. The molecule has 1 saturated heterocycles. The number of hydrogen-bond acceptors (Lipinski definition) is 7. The molecular weight excluding hydrogens is 608 g/mol. The number of carbonyl (C=O) groups excluding carboxylic acids is 3. The van der Waals surface area contributed by atoms with Crippen molar-refractivity contribution in [1.82, 2.24) is 20.9 Å². The second-order valence-electron chi connectivity index (χ2n) is 12.5.